The molecule has 106 valence electrons. The van der Waals surface area contributed by atoms with Crippen LogP contribution in [0.1, 0.15) is 26.7 Å². The third-order valence-corrected chi connectivity index (χ3v) is 3.19. The average Bonchev–Trinajstić information content (AvgIpc) is 2.80. The lowest BCUT2D eigenvalue weighted by atomic mass is 10.2. The first-order chi connectivity index (χ1) is 9.60. The van der Waals surface area contributed by atoms with E-state index in [9.17, 15) is 4.79 Å². The lowest BCUT2D eigenvalue weighted by Gasteiger charge is -2.07. The molecule has 0 saturated carbocycles. The van der Waals surface area contributed by atoms with Gasteiger partial charge in [-0.15, -0.1) is 0 Å². The highest BCUT2D eigenvalue weighted by Gasteiger charge is 2.06. The molecular weight excluding hydrogens is 252 g/mol. The highest BCUT2D eigenvalue weighted by Crippen LogP contribution is 2.27. The van der Waals surface area contributed by atoms with Gasteiger partial charge in [0.25, 0.3) is 0 Å². The molecule has 1 aromatic carbocycles. The number of aromatic nitrogens is 1. The number of aromatic amines is 1. The summed E-state index contributed by atoms with van der Waals surface area (Å²) in [5, 5.41) is 3.75. The minimum absolute atomic E-state index is 0.0866. The molecular formula is C16H20N2O2. The van der Waals surface area contributed by atoms with Gasteiger partial charge in [-0.25, -0.2) is 0 Å². The van der Waals surface area contributed by atoms with E-state index in [0.717, 1.165) is 35.2 Å². The Hall–Kier alpha value is -2.23. The fourth-order valence-electron chi connectivity index (χ4n) is 1.97. The summed E-state index contributed by atoms with van der Waals surface area (Å²) in [6, 6.07) is 5.81. The maximum atomic E-state index is 11.2. The van der Waals surface area contributed by atoms with E-state index in [1.54, 1.807) is 6.20 Å². The number of amides is 1. The molecule has 2 rings (SSSR count). The van der Waals surface area contributed by atoms with Gasteiger partial charge in [-0.3, -0.25) is 4.79 Å². The van der Waals surface area contributed by atoms with Gasteiger partial charge in [0.2, 0.25) is 5.91 Å². The van der Waals surface area contributed by atoms with Gasteiger partial charge >= 0.3 is 0 Å². The molecule has 4 heteroatoms. The molecule has 0 saturated heterocycles. The van der Waals surface area contributed by atoms with Crippen LogP contribution in [0.5, 0.6) is 5.75 Å². The minimum atomic E-state index is -0.0866. The first kappa shape index (κ1) is 14.2. The average molecular weight is 272 g/mol. The lowest BCUT2D eigenvalue weighted by Crippen LogP contribution is -2.04. The fraction of sp³-hybridized carbons (Fsp3) is 0.312. The summed E-state index contributed by atoms with van der Waals surface area (Å²) < 4.78 is 5.73. The number of anilines is 1. The smallest absolute Gasteiger partial charge is 0.221 e. The Labute approximate surface area is 118 Å². The molecule has 0 aliphatic heterocycles. The van der Waals surface area contributed by atoms with E-state index in [0.29, 0.717) is 6.61 Å². The second-order valence-corrected chi connectivity index (χ2v) is 4.79. The number of nitrogens with one attached hydrogen (secondary N) is 2. The van der Waals surface area contributed by atoms with E-state index in [1.165, 1.54) is 12.5 Å². The van der Waals surface area contributed by atoms with Crippen LogP contribution in [0.3, 0.4) is 0 Å². The van der Waals surface area contributed by atoms with Gasteiger partial charge in [0, 0.05) is 30.4 Å². The normalized spacial score (nSPS) is 10.5. The van der Waals surface area contributed by atoms with Gasteiger partial charge in [-0.2, -0.15) is 0 Å². The van der Waals surface area contributed by atoms with Crippen molar-refractivity contribution in [3.8, 4) is 5.75 Å². The number of rotatable bonds is 6. The second kappa shape index (κ2) is 6.28. The van der Waals surface area contributed by atoms with Gasteiger partial charge < -0.3 is 15.0 Å². The number of benzene rings is 1. The predicted octanol–water partition coefficient (Wildman–Crippen LogP) is 3.86. The van der Waals surface area contributed by atoms with Crippen LogP contribution < -0.4 is 10.1 Å². The molecule has 4 nitrogen and oxygen atoms in total. The van der Waals surface area contributed by atoms with Crippen LogP contribution in [0, 0.1) is 0 Å². The van der Waals surface area contributed by atoms with Crippen LogP contribution in [-0.4, -0.2) is 17.5 Å². The number of hydrogen-bond acceptors (Lipinski definition) is 2. The van der Waals surface area contributed by atoms with Gasteiger partial charge in [0.05, 0.1) is 12.3 Å². The first-order valence-corrected chi connectivity index (χ1v) is 6.78. The van der Waals surface area contributed by atoms with E-state index < -0.39 is 0 Å². The number of ether oxygens (including phenoxy) is 1. The van der Waals surface area contributed by atoms with Crippen molar-refractivity contribution < 1.29 is 9.53 Å². The molecule has 0 spiro atoms. The van der Waals surface area contributed by atoms with Crippen molar-refractivity contribution in [3.05, 3.63) is 36.5 Å². The maximum absolute atomic E-state index is 11.2. The summed E-state index contributed by atoms with van der Waals surface area (Å²) in [6.45, 7) is 8.17. The zero-order valence-corrected chi connectivity index (χ0v) is 12.0. The van der Waals surface area contributed by atoms with E-state index in [1.807, 2.05) is 18.2 Å². The Morgan fingerprint density at radius 3 is 2.95 bits per heavy atom. The maximum Gasteiger partial charge on any atom is 0.221 e. The zero-order chi connectivity index (χ0) is 14.5. The second-order valence-electron chi connectivity index (χ2n) is 4.79. The summed E-state index contributed by atoms with van der Waals surface area (Å²) >= 11 is 0. The Bertz CT molecular complexity index is 628. The van der Waals surface area contributed by atoms with Gasteiger partial charge in [0.1, 0.15) is 5.75 Å². The molecule has 0 fully saturated rings. The third kappa shape index (κ3) is 3.41. The topological polar surface area (TPSA) is 54.1 Å². The monoisotopic (exact) mass is 272 g/mol. The van der Waals surface area contributed by atoms with E-state index in [4.69, 9.17) is 4.74 Å². The molecule has 0 unspecified atom stereocenters. The van der Waals surface area contributed by atoms with E-state index >= 15 is 0 Å². The van der Waals surface area contributed by atoms with Crippen molar-refractivity contribution in [1.29, 1.82) is 0 Å². The van der Waals surface area contributed by atoms with Crippen molar-refractivity contribution in [3.63, 3.8) is 0 Å². The number of carbonyl (C=O) groups is 1. The summed E-state index contributed by atoms with van der Waals surface area (Å²) in [5.41, 5.74) is 2.93. The molecule has 0 aliphatic rings. The van der Waals surface area contributed by atoms with Crippen LogP contribution in [0.25, 0.3) is 10.9 Å². The molecule has 1 amide bonds. The highest BCUT2D eigenvalue weighted by molar-refractivity contribution is 6.01. The number of H-pyrrole nitrogens is 1. The SMILES string of the molecule is C=C(CC)CCOc1ccc2[nH]cc(NC(C)=O)c2c1. The van der Waals surface area contributed by atoms with Gasteiger partial charge in [-0.05, 0) is 24.6 Å². The Morgan fingerprint density at radius 2 is 2.25 bits per heavy atom. The molecule has 0 aliphatic carbocycles. The highest BCUT2D eigenvalue weighted by atomic mass is 16.5. The van der Waals surface area contributed by atoms with E-state index in [-0.39, 0.29) is 5.91 Å². The van der Waals surface area contributed by atoms with Crippen LogP contribution in [0.15, 0.2) is 36.5 Å². The van der Waals surface area contributed by atoms with Crippen molar-refractivity contribution in [2.24, 2.45) is 0 Å². The fourth-order valence-corrected chi connectivity index (χ4v) is 1.97. The number of carbonyl (C=O) groups excluding carboxylic acids is 1. The Kier molecular flexibility index (Phi) is 4.45. The van der Waals surface area contributed by atoms with Crippen LogP contribution in [-0.2, 0) is 4.79 Å². The predicted molar refractivity (Wildman–Crippen MR) is 82.1 cm³/mol. The van der Waals surface area contributed by atoms with Crippen molar-refractivity contribution in [1.82, 2.24) is 4.98 Å². The Balaban J connectivity index is 2.11. The van der Waals surface area contributed by atoms with Crippen LogP contribution in [0.4, 0.5) is 5.69 Å². The molecule has 2 aromatic rings. The van der Waals surface area contributed by atoms with Crippen molar-refractivity contribution in [2.45, 2.75) is 26.7 Å². The van der Waals surface area contributed by atoms with Crippen molar-refractivity contribution >= 4 is 22.5 Å². The van der Waals surface area contributed by atoms with Gasteiger partial charge in [-0.1, -0.05) is 19.1 Å². The first-order valence-electron chi connectivity index (χ1n) is 6.78. The number of fused-ring (bicyclic) bond motifs is 1. The summed E-state index contributed by atoms with van der Waals surface area (Å²) in [6.07, 6.45) is 3.63. The minimum Gasteiger partial charge on any atom is -0.493 e. The third-order valence-electron chi connectivity index (χ3n) is 3.19. The zero-order valence-electron chi connectivity index (χ0n) is 12.0. The molecule has 0 radical (unpaired) electrons. The largest absolute Gasteiger partial charge is 0.493 e. The molecule has 0 bridgehead atoms. The van der Waals surface area contributed by atoms with Crippen LogP contribution in [0.2, 0.25) is 0 Å². The molecule has 2 N–H and O–H groups in total. The van der Waals surface area contributed by atoms with E-state index in [2.05, 4.69) is 23.8 Å². The molecule has 0 atom stereocenters. The van der Waals surface area contributed by atoms with Crippen molar-refractivity contribution in [2.75, 3.05) is 11.9 Å². The molecule has 1 heterocycles. The lowest BCUT2D eigenvalue weighted by molar-refractivity contribution is -0.114. The quantitative estimate of drug-likeness (QED) is 0.784. The Morgan fingerprint density at radius 1 is 1.45 bits per heavy atom. The standard InChI is InChI=1S/C16H20N2O2/c1-4-11(2)7-8-20-13-5-6-15-14(9-13)16(10-17-15)18-12(3)19/h5-6,9-10,17H,2,4,7-8H2,1,3H3,(H,18,19). The van der Waals surface area contributed by atoms with Gasteiger partial charge in [0.15, 0.2) is 0 Å². The summed E-state index contributed by atoms with van der Waals surface area (Å²) in [5.74, 6) is 0.712. The molecule has 20 heavy (non-hydrogen) atoms. The summed E-state index contributed by atoms with van der Waals surface area (Å²) in [7, 11) is 0. The number of hydrogen-bond donors (Lipinski definition) is 2. The molecule has 1 aromatic heterocycles. The van der Waals surface area contributed by atoms with Crippen LogP contribution >= 0.6 is 0 Å². The summed E-state index contributed by atoms with van der Waals surface area (Å²) in [4.78, 5) is 14.3.